The Hall–Kier alpha value is -2.00. The van der Waals surface area contributed by atoms with Crippen molar-refractivity contribution < 1.29 is 31.9 Å². The Morgan fingerprint density at radius 3 is 2.48 bits per heavy atom. The first-order chi connectivity index (χ1) is 11.9. The minimum Gasteiger partial charge on any atom is -0.463 e. The topological polar surface area (TPSA) is 90.0 Å². The molecule has 2 aliphatic rings. The third-order valence-electron chi connectivity index (χ3n) is 4.39. The van der Waals surface area contributed by atoms with Crippen LogP contribution < -0.4 is 0 Å². The smallest absolute Gasteiger partial charge is 0.347 e. The number of carbonyl (C=O) groups excluding carboxylic acids is 2. The van der Waals surface area contributed by atoms with Crippen molar-refractivity contribution in [1.82, 2.24) is 4.31 Å². The van der Waals surface area contributed by atoms with Crippen LogP contribution in [-0.2, 0) is 29.1 Å². The number of ether oxygens (including phenoxy) is 2. The zero-order valence-corrected chi connectivity index (χ0v) is 14.2. The zero-order valence-electron chi connectivity index (χ0n) is 13.4. The highest BCUT2D eigenvalue weighted by molar-refractivity contribution is 7.89. The molecule has 0 radical (unpaired) electrons. The lowest BCUT2D eigenvalue weighted by atomic mass is 9.98. The Morgan fingerprint density at radius 2 is 1.88 bits per heavy atom. The fourth-order valence-electron chi connectivity index (χ4n) is 2.95. The summed E-state index contributed by atoms with van der Waals surface area (Å²) < 4.78 is 49.9. The SMILES string of the molecule is O=C(O[C@@H]1CCOC1=O)C1CCN(S(=O)(=O)c2ccccc2F)CC1. The number of esters is 2. The molecule has 0 unspecified atom stereocenters. The van der Waals surface area contributed by atoms with E-state index in [1.165, 1.54) is 22.5 Å². The molecule has 1 aromatic rings. The summed E-state index contributed by atoms with van der Waals surface area (Å²) in [5, 5.41) is 0. The summed E-state index contributed by atoms with van der Waals surface area (Å²) in [5.74, 6) is -2.36. The predicted molar refractivity (Wildman–Crippen MR) is 83.3 cm³/mol. The van der Waals surface area contributed by atoms with E-state index in [-0.39, 0.29) is 37.4 Å². The van der Waals surface area contributed by atoms with E-state index in [0.717, 1.165) is 6.07 Å². The third kappa shape index (κ3) is 3.67. The lowest BCUT2D eigenvalue weighted by Gasteiger charge is -2.30. The van der Waals surface area contributed by atoms with Crippen LogP contribution in [0.4, 0.5) is 4.39 Å². The van der Waals surface area contributed by atoms with Crippen LogP contribution in [-0.4, -0.2) is 50.5 Å². The third-order valence-corrected chi connectivity index (χ3v) is 6.32. The molecule has 2 saturated heterocycles. The molecule has 136 valence electrons. The van der Waals surface area contributed by atoms with Crippen LogP contribution in [0, 0.1) is 11.7 Å². The number of rotatable bonds is 4. The lowest BCUT2D eigenvalue weighted by Crippen LogP contribution is -2.41. The van der Waals surface area contributed by atoms with Gasteiger partial charge in [-0.25, -0.2) is 17.6 Å². The van der Waals surface area contributed by atoms with E-state index in [9.17, 15) is 22.4 Å². The van der Waals surface area contributed by atoms with Gasteiger partial charge in [0, 0.05) is 19.5 Å². The Kier molecular flexibility index (Phi) is 5.05. The molecule has 25 heavy (non-hydrogen) atoms. The Bertz CT molecular complexity index is 773. The van der Waals surface area contributed by atoms with Crippen molar-refractivity contribution in [2.45, 2.75) is 30.3 Å². The number of halogens is 1. The molecule has 0 N–H and O–H groups in total. The average Bonchev–Trinajstić information content (AvgIpc) is 3.00. The largest absolute Gasteiger partial charge is 0.463 e. The maximum atomic E-state index is 13.8. The molecule has 0 spiro atoms. The monoisotopic (exact) mass is 371 g/mol. The molecule has 1 atom stereocenters. The molecule has 0 bridgehead atoms. The molecule has 0 aliphatic carbocycles. The van der Waals surface area contributed by atoms with Crippen molar-refractivity contribution in [1.29, 1.82) is 0 Å². The van der Waals surface area contributed by atoms with Gasteiger partial charge in [-0.2, -0.15) is 4.31 Å². The van der Waals surface area contributed by atoms with Crippen LogP contribution >= 0.6 is 0 Å². The molecule has 0 aromatic heterocycles. The maximum Gasteiger partial charge on any atom is 0.347 e. The highest BCUT2D eigenvalue weighted by Gasteiger charge is 2.37. The number of hydrogen-bond donors (Lipinski definition) is 0. The van der Waals surface area contributed by atoms with Gasteiger partial charge in [0.2, 0.25) is 16.1 Å². The van der Waals surface area contributed by atoms with E-state index in [0.29, 0.717) is 6.42 Å². The molecule has 7 nitrogen and oxygen atoms in total. The first-order valence-corrected chi connectivity index (χ1v) is 9.45. The van der Waals surface area contributed by atoms with Crippen LogP contribution in [0.5, 0.6) is 0 Å². The average molecular weight is 371 g/mol. The fourth-order valence-corrected chi connectivity index (χ4v) is 4.48. The van der Waals surface area contributed by atoms with E-state index >= 15 is 0 Å². The molecule has 0 amide bonds. The van der Waals surface area contributed by atoms with Crippen molar-refractivity contribution in [3.05, 3.63) is 30.1 Å². The highest BCUT2D eigenvalue weighted by Crippen LogP contribution is 2.26. The number of piperidine rings is 1. The van der Waals surface area contributed by atoms with Gasteiger partial charge < -0.3 is 9.47 Å². The number of carbonyl (C=O) groups is 2. The summed E-state index contributed by atoms with van der Waals surface area (Å²) in [6, 6.07) is 5.19. The first-order valence-electron chi connectivity index (χ1n) is 8.01. The number of hydrogen-bond acceptors (Lipinski definition) is 6. The van der Waals surface area contributed by atoms with Crippen molar-refractivity contribution in [3.63, 3.8) is 0 Å². The van der Waals surface area contributed by atoms with Crippen LogP contribution in [0.15, 0.2) is 29.2 Å². The lowest BCUT2D eigenvalue weighted by molar-refractivity contribution is -0.164. The minimum atomic E-state index is -3.94. The normalized spacial score (nSPS) is 22.6. The van der Waals surface area contributed by atoms with Gasteiger partial charge in [0.05, 0.1) is 12.5 Å². The minimum absolute atomic E-state index is 0.0888. The molecule has 1 aromatic carbocycles. The molecule has 2 aliphatic heterocycles. The van der Waals surface area contributed by atoms with E-state index in [1.54, 1.807) is 0 Å². The van der Waals surface area contributed by atoms with Gasteiger partial charge in [0.1, 0.15) is 10.7 Å². The second-order valence-electron chi connectivity index (χ2n) is 5.99. The van der Waals surface area contributed by atoms with Gasteiger partial charge >= 0.3 is 11.9 Å². The number of sulfonamides is 1. The van der Waals surface area contributed by atoms with E-state index in [2.05, 4.69) is 0 Å². The van der Waals surface area contributed by atoms with E-state index in [1.807, 2.05) is 0 Å². The van der Waals surface area contributed by atoms with Crippen LogP contribution in [0.2, 0.25) is 0 Å². The predicted octanol–water partition coefficient (Wildman–Crippen LogP) is 1.09. The summed E-state index contributed by atoms with van der Waals surface area (Å²) in [4.78, 5) is 23.1. The van der Waals surface area contributed by atoms with Gasteiger partial charge in [-0.1, -0.05) is 12.1 Å². The second kappa shape index (κ2) is 7.09. The van der Waals surface area contributed by atoms with Crippen molar-refractivity contribution >= 4 is 22.0 Å². The molecule has 0 saturated carbocycles. The van der Waals surface area contributed by atoms with Crippen LogP contribution in [0.1, 0.15) is 19.3 Å². The van der Waals surface area contributed by atoms with Gasteiger partial charge in [0.15, 0.2) is 0 Å². The highest BCUT2D eigenvalue weighted by atomic mass is 32.2. The van der Waals surface area contributed by atoms with E-state index in [4.69, 9.17) is 9.47 Å². The summed E-state index contributed by atoms with van der Waals surface area (Å²) in [6.45, 7) is 0.410. The molecular formula is C16H18FNO6S. The standard InChI is InChI=1S/C16H18FNO6S/c17-12-3-1-2-4-14(12)25(21,22)18-8-5-11(6-9-18)15(19)24-13-7-10-23-16(13)20/h1-4,11,13H,5-10H2/t13-/m1/s1. The molecule has 2 heterocycles. The van der Waals surface area contributed by atoms with Gasteiger partial charge in [-0.3, -0.25) is 4.79 Å². The van der Waals surface area contributed by atoms with Crippen LogP contribution in [0.3, 0.4) is 0 Å². The number of benzene rings is 1. The van der Waals surface area contributed by atoms with Crippen molar-refractivity contribution in [3.8, 4) is 0 Å². The van der Waals surface area contributed by atoms with Crippen molar-refractivity contribution in [2.24, 2.45) is 5.92 Å². The molecule has 3 rings (SSSR count). The number of cyclic esters (lactones) is 1. The molecular weight excluding hydrogens is 353 g/mol. The summed E-state index contributed by atoms with van der Waals surface area (Å²) in [5.41, 5.74) is 0. The second-order valence-corrected chi connectivity index (χ2v) is 7.90. The molecule has 9 heteroatoms. The molecule has 2 fully saturated rings. The zero-order chi connectivity index (χ0) is 18.0. The van der Waals surface area contributed by atoms with E-state index < -0.39 is 39.8 Å². The number of nitrogens with zero attached hydrogens (tertiary/aromatic N) is 1. The Labute approximate surface area is 144 Å². The maximum absolute atomic E-state index is 13.8. The summed E-state index contributed by atoms with van der Waals surface area (Å²) >= 11 is 0. The first kappa shape index (κ1) is 17.8. The summed E-state index contributed by atoms with van der Waals surface area (Å²) in [7, 11) is -3.94. The quantitative estimate of drug-likeness (QED) is 0.736. The fraction of sp³-hybridized carbons (Fsp3) is 0.500. The van der Waals surface area contributed by atoms with Crippen LogP contribution in [0.25, 0.3) is 0 Å². The van der Waals surface area contributed by atoms with Gasteiger partial charge in [-0.05, 0) is 25.0 Å². The van der Waals surface area contributed by atoms with Crippen molar-refractivity contribution in [2.75, 3.05) is 19.7 Å². The van der Waals surface area contributed by atoms with Gasteiger partial charge in [-0.15, -0.1) is 0 Å². The van der Waals surface area contributed by atoms with Gasteiger partial charge in [0.25, 0.3) is 0 Å². The summed E-state index contributed by atoms with van der Waals surface area (Å²) in [6.07, 6.45) is -0.0131. The Balaban J connectivity index is 1.61. The Morgan fingerprint density at radius 1 is 1.20 bits per heavy atom.